The fourth-order valence-corrected chi connectivity index (χ4v) is 4.85. The number of rotatable bonds is 8. The largest absolute Gasteiger partial charge is 0.444 e. The minimum absolute atomic E-state index is 0.318. The van der Waals surface area contributed by atoms with Crippen LogP contribution in [0.3, 0.4) is 0 Å². The molecule has 10 heteroatoms. The number of likely N-dealkylation sites (tertiary alicyclic amines) is 1. The molecule has 1 N–H and O–H groups in total. The summed E-state index contributed by atoms with van der Waals surface area (Å²) in [6.07, 6.45) is 1.96. The lowest BCUT2D eigenvalue weighted by Gasteiger charge is -2.36. The molecule has 2 amide bonds. The zero-order chi connectivity index (χ0) is 28.9. The minimum atomic E-state index is -0.752. The molecule has 2 unspecified atom stereocenters. The molecule has 1 saturated heterocycles. The van der Waals surface area contributed by atoms with Gasteiger partial charge in [0, 0.05) is 20.1 Å². The summed E-state index contributed by atoms with van der Waals surface area (Å²) in [5, 5.41) is 12.6. The third-order valence-electron chi connectivity index (χ3n) is 6.82. The number of nitrogens with zero attached hydrogens (tertiary/aromatic N) is 3. The number of fused-ring (bicyclic) bond motifs is 1. The summed E-state index contributed by atoms with van der Waals surface area (Å²) in [6.45, 7) is 6.60. The Balaban J connectivity index is 1.43. The van der Waals surface area contributed by atoms with E-state index in [0.29, 0.717) is 43.6 Å². The summed E-state index contributed by atoms with van der Waals surface area (Å²) in [5.74, 6) is -0.770. The van der Waals surface area contributed by atoms with Crippen LogP contribution < -0.4 is 11.1 Å². The molecule has 212 valence electrons. The molecule has 40 heavy (non-hydrogen) atoms. The van der Waals surface area contributed by atoms with Crippen LogP contribution in [0.15, 0.2) is 51.7 Å². The van der Waals surface area contributed by atoms with Crippen molar-refractivity contribution in [3.63, 3.8) is 0 Å². The van der Waals surface area contributed by atoms with Crippen molar-refractivity contribution in [2.75, 3.05) is 20.3 Å². The maximum Gasteiger partial charge on any atom is 0.420 e. The standard InChI is InChI=1S/C30H36N4O6/c1-30(2,3)40-29(37)33-14-6-5-7-24(33)27(35)32-23(19-31)17-20-8-10-21(11-9-20)22-12-13-26-25(18-22)34(15-16-38-4)28(36)39-26/h8-13,18,23-24H,5-7,14-17H2,1-4H3,(H,32,35). The summed E-state index contributed by atoms with van der Waals surface area (Å²) in [7, 11) is 1.58. The molecule has 0 bridgehead atoms. The van der Waals surface area contributed by atoms with E-state index in [4.69, 9.17) is 13.9 Å². The molecule has 3 aromatic rings. The van der Waals surface area contributed by atoms with Crippen LogP contribution in [0.4, 0.5) is 4.79 Å². The first-order valence-corrected chi connectivity index (χ1v) is 13.5. The number of ether oxygens (including phenoxy) is 2. The number of benzene rings is 2. The van der Waals surface area contributed by atoms with Gasteiger partial charge in [0.05, 0.1) is 24.7 Å². The topological polar surface area (TPSA) is 127 Å². The second-order valence-electron chi connectivity index (χ2n) is 11.0. The smallest absolute Gasteiger partial charge is 0.420 e. The molecule has 2 heterocycles. The lowest BCUT2D eigenvalue weighted by molar-refractivity contribution is -0.128. The number of hydrogen-bond donors (Lipinski definition) is 1. The van der Waals surface area contributed by atoms with Crippen LogP contribution >= 0.6 is 0 Å². The number of carbonyl (C=O) groups excluding carboxylic acids is 2. The quantitative estimate of drug-likeness (QED) is 0.446. The zero-order valence-electron chi connectivity index (χ0n) is 23.4. The van der Waals surface area contributed by atoms with Crippen molar-refractivity contribution in [2.45, 2.75) is 70.7 Å². The Morgan fingerprint density at radius 2 is 1.88 bits per heavy atom. The van der Waals surface area contributed by atoms with Crippen LogP contribution in [-0.4, -0.2) is 59.4 Å². The summed E-state index contributed by atoms with van der Waals surface area (Å²) < 4.78 is 17.5. The molecule has 0 spiro atoms. The van der Waals surface area contributed by atoms with Gasteiger partial charge in [-0.25, -0.2) is 9.59 Å². The first kappa shape index (κ1) is 28.9. The highest BCUT2D eigenvalue weighted by molar-refractivity contribution is 5.86. The van der Waals surface area contributed by atoms with E-state index < -0.39 is 29.5 Å². The van der Waals surface area contributed by atoms with Crippen molar-refractivity contribution in [3.8, 4) is 17.2 Å². The maximum atomic E-state index is 13.1. The van der Waals surface area contributed by atoms with E-state index in [1.807, 2.05) is 36.4 Å². The normalized spacial score (nSPS) is 16.4. The average molecular weight is 549 g/mol. The van der Waals surface area contributed by atoms with Gasteiger partial charge in [-0.15, -0.1) is 0 Å². The second-order valence-corrected chi connectivity index (χ2v) is 11.0. The van der Waals surface area contributed by atoms with E-state index in [1.54, 1.807) is 38.5 Å². The Morgan fingerprint density at radius 3 is 2.55 bits per heavy atom. The molecule has 10 nitrogen and oxygen atoms in total. The van der Waals surface area contributed by atoms with Gasteiger partial charge in [-0.2, -0.15) is 5.26 Å². The highest BCUT2D eigenvalue weighted by Gasteiger charge is 2.35. The molecule has 1 aromatic heterocycles. The summed E-state index contributed by atoms with van der Waals surface area (Å²) in [5.41, 5.74) is 3.27. The van der Waals surface area contributed by atoms with Crippen LogP contribution in [-0.2, 0) is 27.2 Å². The Hall–Kier alpha value is -4.10. The van der Waals surface area contributed by atoms with Crippen LogP contribution in [0.25, 0.3) is 22.2 Å². The molecule has 2 aromatic carbocycles. The molecule has 1 fully saturated rings. The van der Waals surface area contributed by atoms with Gasteiger partial charge >= 0.3 is 11.8 Å². The van der Waals surface area contributed by atoms with Gasteiger partial charge in [0.1, 0.15) is 17.7 Å². The third kappa shape index (κ3) is 6.90. The first-order chi connectivity index (χ1) is 19.1. The molecular weight excluding hydrogens is 512 g/mol. The van der Waals surface area contributed by atoms with Gasteiger partial charge in [-0.3, -0.25) is 14.3 Å². The third-order valence-corrected chi connectivity index (χ3v) is 6.82. The van der Waals surface area contributed by atoms with Gasteiger partial charge < -0.3 is 19.2 Å². The monoisotopic (exact) mass is 548 g/mol. The Labute approximate surface area is 233 Å². The van der Waals surface area contributed by atoms with E-state index in [-0.39, 0.29) is 5.91 Å². The molecule has 2 atom stereocenters. The average Bonchev–Trinajstić information content (AvgIpc) is 3.24. The fraction of sp³-hybridized carbons (Fsp3) is 0.467. The van der Waals surface area contributed by atoms with Crippen LogP contribution in [0.2, 0.25) is 0 Å². The van der Waals surface area contributed by atoms with Crippen LogP contribution in [0.5, 0.6) is 0 Å². The first-order valence-electron chi connectivity index (χ1n) is 13.5. The maximum absolute atomic E-state index is 13.1. The van der Waals surface area contributed by atoms with E-state index in [2.05, 4.69) is 11.4 Å². The number of carbonyl (C=O) groups is 2. The molecule has 0 radical (unpaired) electrons. The molecule has 1 aliphatic heterocycles. The molecule has 4 rings (SSSR count). The number of nitrogens with one attached hydrogen (secondary N) is 1. The number of oxazole rings is 1. The fourth-order valence-electron chi connectivity index (χ4n) is 4.85. The van der Waals surface area contributed by atoms with E-state index in [1.165, 1.54) is 4.90 Å². The van der Waals surface area contributed by atoms with Gasteiger partial charge in [0.25, 0.3) is 0 Å². The van der Waals surface area contributed by atoms with Crippen molar-refractivity contribution >= 4 is 23.1 Å². The van der Waals surface area contributed by atoms with Crippen molar-refractivity contribution < 1.29 is 23.5 Å². The van der Waals surface area contributed by atoms with E-state index in [0.717, 1.165) is 29.5 Å². The Morgan fingerprint density at radius 1 is 1.15 bits per heavy atom. The number of aromatic nitrogens is 1. The predicted molar refractivity (Wildman–Crippen MR) is 150 cm³/mol. The molecular formula is C30H36N4O6. The summed E-state index contributed by atoms with van der Waals surface area (Å²) >= 11 is 0. The van der Waals surface area contributed by atoms with Crippen molar-refractivity contribution in [1.29, 1.82) is 5.26 Å². The lowest BCUT2D eigenvalue weighted by atomic mass is 9.99. The minimum Gasteiger partial charge on any atom is -0.444 e. The van der Waals surface area contributed by atoms with Crippen molar-refractivity contribution in [3.05, 3.63) is 58.6 Å². The Bertz CT molecular complexity index is 1440. The molecule has 1 aliphatic rings. The van der Waals surface area contributed by atoms with E-state index >= 15 is 0 Å². The SMILES string of the molecule is COCCn1c(=O)oc2ccc(-c3ccc(CC(C#N)NC(=O)C4CCCCN4C(=O)OC(C)(C)C)cc3)cc21. The van der Waals surface area contributed by atoms with Gasteiger partial charge in [0.2, 0.25) is 5.91 Å². The van der Waals surface area contributed by atoms with Crippen molar-refractivity contribution in [1.82, 2.24) is 14.8 Å². The highest BCUT2D eigenvalue weighted by Crippen LogP contribution is 2.25. The van der Waals surface area contributed by atoms with Gasteiger partial charge in [0.15, 0.2) is 5.58 Å². The molecule has 0 saturated carbocycles. The predicted octanol–water partition coefficient (Wildman–Crippen LogP) is 4.25. The number of nitriles is 1. The second kappa shape index (κ2) is 12.4. The number of piperidine rings is 1. The zero-order valence-corrected chi connectivity index (χ0v) is 23.4. The summed E-state index contributed by atoms with van der Waals surface area (Å²) in [6, 6.07) is 14.0. The Kier molecular flexibility index (Phi) is 8.95. The highest BCUT2D eigenvalue weighted by atomic mass is 16.6. The van der Waals surface area contributed by atoms with Crippen LogP contribution in [0, 0.1) is 11.3 Å². The number of methoxy groups -OCH3 is 1. The molecule has 0 aliphatic carbocycles. The lowest BCUT2D eigenvalue weighted by Crippen LogP contribution is -2.54. The summed E-state index contributed by atoms with van der Waals surface area (Å²) in [4.78, 5) is 39.5. The van der Waals surface area contributed by atoms with Crippen LogP contribution in [0.1, 0.15) is 45.6 Å². The van der Waals surface area contributed by atoms with E-state index in [9.17, 15) is 19.6 Å². The van der Waals surface area contributed by atoms with Crippen molar-refractivity contribution in [2.24, 2.45) is 0 Å². The number of amides is 2. The van der Waals surface area contributed by atoms with Gasteiger partial charge in [-0.1, -0.05) is 30.3 Å². The van der Waals surface area contributed by atoms with Gasteiger partial charge in [-0.05, 0) is 68.9 Å². The number of hydrogen-bond acceptors (Lipinski definition) is 7.